The van der Waals surface area contributed by atoms with E-state index in [-0.39, 0.29) is 0 Å². The fourth-order valence-corrected chi connectivity index (χ4v) is 1.17. The first-order chi connectivity index (χ1) is 5.22. The van der Waals surface area contributed by atoms with Crippen LogP contribution in [0, 0.1) is 0 Å². The number of allylic oxidation sites excluding steroid dienone is 1. The molecule has 3 heteroatoms. The molecule has 0 aliphatic carbocycles. The lowest BCUT2D eigenvalue weighted by molar-refractivity contribution is 0.321. The van der Waals surface area contributed by atoms with Crippen molar-refractivity contribution in [3.05, 3.63) is 11.6 Å². The van der Waals surface area contributed by atoms with Gasteiger partial charge in [-0.2, -0.15) is 5.10 Å². The molecule has 1 rings (SSSR count). The Morgan fingerprint density at radius 2 is 2.45 bits per heavy atom. The summed E-state index contributed by atoms with van der Waals surface area (Å²) >= 11 is 0. The quantitative estimate of drug-likeness (QED) is 0.546. The Morgan fingerprint density at radius 3 is 3.00 bits per heavy atom. The van der Waals surface area contributed by atoms with E-state index in [2.05, 4.69) is 29.8 Å². The molecule has 0 radical (unpaired) electrons. The molecule has 0 amide bonds. The summed E-state index contributed by atoms with van der Waals surface area (Å²) in [6.07, 6.45) is 2.08. The zero-order valence-corrected chi connectivity index (χ0v) is 7.04. The Bertz CT molecular complexity index is 215. The molecule has 0 aromatic heterocycles. The number of hydrazone groups is 1. The second-order valence-corrected chi connectivity index (χ2v) is 2.76. The summed E-state index contributed by atoms with van der Waals surface area (Å²) in [5, 5.41) is 6.16. The van der Waals surface area contributed by atoms with Crippen LogP contribution in [0.4, 0.5) is 0 Å². The molecule has 0 saturated carbocycles. The highest BCUT2D eigenvalue weighted by atomic mass is 15.5. The van der Waals surface area contributed by atoms with Gasteiger partial charge >= 0.3 is 0 Å². The van der Waals surface area contributed by atoms with Crippen LogP contribution in [0.25, 0.3) is 0 Å². The van der Waals surface area contributed by atoms with Crippen LogP contribution in [-0.2, 0) is 0 Å². The van der Waals surface area contributed by atoms with Crippen LogP contribution in [0.3, 0.4) is 0 Å². The van der Waals surface area contributed by atoms with Gasteiger partial charge < -0.3 is 0 Å². The number of hydrogen-bond donors (Lipinski definition) is 0. The highest BCUT2D eigenvalue weighted by molar-refractivity contribution is 5.93. The second kappa shape index (κ2) is 3.32. The lowest BCUT2D eigenvalue weighted by atomic mass is 10.2. The van der Waals surface area contributed by atoms with Gasteiger partial charge in [-0.3, -0.25) is 10.0 Å². The van der Waals surface area contributed by atoms with E-state index in [1.807, 2.05) is 11.9 Å². The van der Waals surface area contributed by atoms with Crippen LogP contribution in [0.1, 0.15) is 13.8 Å². The maximum Gasteiger partial charge on any atom is 0.126 e. The van der Waals surface area contributed by atoms with Crippen molar-refractivity contribution in [2.75, 3.05) is 13.2 Å². The van der Waals surface area contributed by atoms with Gasteiger partial charge in [0.15, 0.2) is 0 Å². The topological polar surface area (TPSA) is 28.0 Å². The molecule has 1 aliphatic heterocycles. The molecule has 1 aliphatic rings. The predicted octanol–water partition coefficient (Wildman–Crippen LogP) is 1.28. The summed E-state index contributed by atoms with van der Waals surface area (Å²) in [5.41, 5.74) is 2.36. The lowest BCUT2D eigenvalue weighted by Gasteiger charge is -2.21. The molecule has 0 bridgehead atoms. The summed E-state index contributed by atoms with van der Waals surface area (Å²) < 4.78 is 0. The smallest absolute Gasteiger partial charge is 0.126 e. The zero-order valence-electron chi connectivity index (χ0n) is 7.04. The number of nitrogens with zero attached hydrogens (tertiary/aromatic N) is 3. The molecule has 11 heavy (non-hydrogen) atoms. The van der Waals surface area contributed by atoms with E-state index in [1.54, 1.807) is 0 Å². The minimum Gasteiger partial charge on any atom is -0.278 e. The minimum absolute atomic E-state index is 0.586. The first kappa shape index (κ1) is 7.98. The van der Waals surface area contributed by atoms with E-state index in [0.717, 1.165) is 12.3 Å². The Hall–Kier alpha value is -1.12. The van der Waals surface area contributed by atoms with Crippen molar-refractivity contribution in [3.63, 3.8) is 0 Å². The van der Waals surface area contributed by atoms with Crippen LogP contribution in [0.2, 0.25) is 0 Å². The van der Waals surface area contributed by atoms with Gasteiger partial charge in [-0.25, -0.2) is 0 Å². The van der Waals surface area contributed by atoms with E-state index in [1.165, 1.54) is 5.57 Å². The molecule has 0 N–H and O–H groups in total. The molecule has 0 aromatic rings. The van der Waals surface area contributed by atoms with Crippen LogP contribution in [-0.4, -0.2) is 30.7 Å². The van der Waals surface area contributed by atoms with E-state index >= 15 is 0 Å². The molecular formula is C8H13N3. The van der Waals surface area contributed by atoms with Gasteiger partial charge in [-0.1, -0.05) is 5.57 Å². The number of hydrogen-bond acceptors (Lipinski definition) is 3. The third kappa shape index (κ3) is 2.18. The average molecular weight is 151 g/mol. The van der Waals surface area contributed by atoms with Gasteiger partial charge in [0.2, 0.25) is 0 Å². The van der Waals surface area contributed by atoms with Gasteiger partial charge in [0.05, 0.1) is 12.3 Å². The highest BCUT2D eigenvalue weighted by Gasteiger charge is 2.05. The molecule has 1 heterocycles. The van der Waals surface area contributed by atoms with Crippen LogP contribution in [0.5, 0.6) is 0 Å². The SMILES string of the molecule is C=NCN1CC(C)=CC(C)=N1. The maximum absolute atomic E-state index is 4.26. The Labute approximate surface area is 67.1 Å². The van der Waals surface area contributed by atoms with E-state index in [4.69, 9.17) is 0 Å². The molecule has 60 valence electrons. The van der Waals surface area contributed by atoms with Crippen LogP contribution in [0.15, 0.2) is 21.7 Å². The van der Waals surface area contributed by atoms with Gasteiger partial charge in [0.1, 0.15) is 6.67 Å². The largest absolute Gasteiger partial charge is 0.278 e. The lowest BCUT2D eigenvalue weighted by Crippen LogP contribution is -2.24. The molecule has 3 nitrogen and oxygen atoms in total. The van der Waals surface area contributed by atoms with Crippen LogP contribution >= 0.6 is 0 Å². The molecule has 0 spiro atoms. The minimum atomic E-state index is 0.586. The molecule has 0 atom stereocenters. The number of rotatable bonds is 2. The molecular weight excluding hydrogens is 138 g/mol. The summed E-state index contributed by atoms with van der Waals surface area (Å²) in [6.45, 7) is 8.96. The zero-order chi connectivity index (χ0) is 8.27. The molecule has 0 fully saturated rings. The standard InChI is InChI=1S/C8H13N3/c1-7-4-8(2)10-11(5-7)6-9-3/h4H,3,5-6H2,1-2H3. The second-order valence-electron chi connectivity index (χ2n) is 2.76. The monoisotopic (exact) mass is 151 g/mol. The predicted molar refractivity (Wildman–Crippen MR) is 48.0 cm³/mol. The van der Waals surface area contributed by atoms with Gasteiger partial charge in [0, 0.05) is 0 Å². The Kier molecular flexibility index (Phi) is 2.41. The van der Waals surface area contributed by atoms with Crippen molar-refractivity contribution in [1.29, 1.82) is 0 Å². The van der Waals surface area contributed by atoms with E-state index in [9.17, 15) is 0 Å². The fourth-order valence-electron chi connectivity index (χ4n) is 1.17. The van der Waals surface area contributed by atoms with Crippen molar-refractivity contribution in [2.45, 2.75) is 13.8 Å². The van der Waals surface area contributed by atoms with Crippen molar-refractivity contribution in [2.24, 2.45) is 10.1 Å². The van der Waals surface area contributed by atoms with E-state index in [0.29, 0.717) is 6.67 Å². The summed E-state index contributed by atoms with van der Waals surface area (Å²) in [6, 6.07) is 0. The normalized spacial score (nSPS) is 17.5. The highest BCUT2D eigenvalue weighted by Crippen LogP contribution is 2.06. The Morgan fingerprint density at radius 1 is 1.73 bits per heavy atom. The fraction of sp³-hybridized carbons (Fsp3) is 0.500. The van der Waals surface area contributed by atoms with Gasteiger partial charge in [-0.05, 0) is 26.6 Å². The summed E-state index contributed by atoms with van der Waals surface area (Å²) in [4.78, 5) is 3.77. The average Bonchev–Trinajstić information content (AvgIpc) is 1.85. The molecule has 0 saturated heterocycles. The molecule has 0 unspecified atom stereocenters. The molecule has 0 aromatic carbocycles. The van der Waals surface area contributed by atoms with Crippen molar-refractivity contribution >= 4 is 12.4 Å². The van der Waals surface area contributed by atoms with Gasteiger partial charge in [-0.15, -0.1) is 0 Å². The first-order valence-electron chi connectivity index (χ1n) is 3.62. The van der Waals surface area contributed by atoms with Crippen LogP contribution < -0.4 is 0 Å². The van der Waals surface area contributed by atoms with E-state index < -0.39 is 0 Å². The van der Waals surface area contributed by atoms with Crippen molar-refractivity contribution < 1.29 is 0 Å². The number of aliphatic imine (C=N–C) groups is 1. The van der Waals surface area contributed by atoms with Gasteiger partial charge in [0.25, 0.3) is 0 Å². The third-order valence-corrected chi connectivity index (χ3v) is 1.45. The maximum atomic E-state index is 4.26. The summed E-state index contributed by atoms with van der Waals surface area (Å²) in [7, 11) is 0. The first-order valence-corrected chi connectivity index (χ1v) is 3.62. The third-order valence-electron chi connectivity index (χ3n) is 1.45. The van der Waals surface area contributed by atoms with Crippen molar-refractivity contribution in [1.82, 2.24) is 5.01 Å². The summed E-state index contributed by atoms with van der Waals surface area (Å²) in [5.74, 6) is 0. The van der Waals surface area contributed by atoms with Crippen molar-refractivity contribution in [3.8, 4) is 0 Å². The Balaban J connectivity index is 2.62.